The first-order chi connectivity index (χ1) is 16.5. The van der Waals surface area contributed by atoms with Crippen LogP contribution in [0.15, 0.2) is 59.6 Å². The van der Waals surface area contributed by atoms with E-state index in [1.807, 2.05) is 30.3 Å². The molecule has 6 heteroatoms. The molecule has 180 valence electrons. The van der Waals surface area contributed by atoms with Crippen molar-refractivity contribution in [1.82, 2.24) is 19.8 Å². The van der Waals surface area contributed by atoms with Crippen LogP contribution in [0.25, 0.3) is 11.0 Å². The normalized spacial score (nSPS) is 16.9. The molecule has 3 aromatic rings. The molecule has 1 aliphatic rings. The van der Waals surface area contributed by atoms with E-state index in [-0.39, 0.29) is 0 Å². The summed E-state index contributed by atoms with van der Waals surface area (Å²) in [5, 5.41) is 10.6. The van der Waals surface area contributed by atoms with Crippen molar-refractivity contribution in [3.63, 3.8) is 0 Å². The second kappa shape index (κ2) is 11.4. The van der Waals surface area contributed by atoms with Crippen molar-refractivity contribution >= 4 is 16.9 Å². The fraction of sp³-hybridized carbons (Fsp3) is 0.429. The Kier molecular flexibility index (Phi) is 8.14. The van der Waals surface area contributed by atoms with Gasteiger partial charge in [0.1, 0.15) is 11.7 Å². The van der Waals surface area contributed by atoms with E-state index in [9.17, 15) is 5.11 Å². The third kappa shape index (κ3) is 6.13. The zero-order chi connectivity index (χ0) is 23.9. The molecule has 1 aliphatic heterocycles. The first-order valence-electron chi connectivity index (χ1n) is 12.4. The minimum Gasteiger partial charge on any atom is -0.387 e. The van der Waals surface area contributed by atoms with Crippen molar-refractivity contribution in [3.05, 3.63) is 77.1 Å². The summed E-state index contributed by atoms with van der Waals surface area (Å²) in [7, 11) is 0. The number of rotatable bonds is 7. The van der Waals surface area contributed by atoms with Crippen molar-refractivity contribution in [3.8, 4) is 0 Å². The number of hydrogen-bond acceptors (Lipinski definition) is 4. The molecule has 1 aromatic heterocycles. The Morgan fingerprint density at radius 3 is 2.76 bits per heavy atom. The molecule has 1 unspecified atom stereocenters. The Labute approximate surface area is 203 Å². The van der Waals surface area contributed by atoms with Gasteiger partial charge in [0.2, 0.25) is 0 Å². The number of aryl methyl sites for hydroxylation is 2. The van der Waals surface area contributed by atoms with Gasteiger partial charge in [-0.2, -0.15) is 0 Å². The lowest BCUT2D eigenvalue weighted by Gasteiger charge is -2.25. The number of aliphatic hydroxyl groups excluding tert-OH is 1. The number of aliphatic hydroxyl groups is 1. The van der Waals surface area contributed by atoms with Gasteiger partial charge in [-0.05, 0) is 56.0 Å². The molecule has 2 aromatic carbocycles. The number of amidine groups is 1. The highest BCUT2D eigenvalue weighted by molar-refractivity contribution is 5.93. The van der Waals surface area contributed by atoms with Gasteiger partial charge in [-0.25, -0.2) is 4.98 Å². The number of aliphatic imine (C=N–C) groups is 1. The molecule has 2 heterocycles. The number of H-pyrrole nitrogens is 1. The van der Waals surface area contributed by atoms with E-state index in [1.54, 1.807) is 0 Å². The van der Waals surface area contributed by atoms with Gasteiger partial charge in [0.25, 0.3) is 0 Å². The Bertz CT molecular complexity index is 1130. The zero-order valence-electron chi connectivity index (χ0n) is 20.7. The molecule has 0 spiro atoms. The van der Waals surface area contributed by atoms with Crippen molar-refractivity contribution < 1.29 is 5.11 Å². The molecule has 1 fully saturated rings. The van der Waals surface area contributed by atoms with Crippen molar-refractivity contribution in [1.29, 1.82) is 0 Å². The maximum Gasteiger partial charge on any atom is 0.123 e. The molecule has 6 nitrogen and oxygen atoms in total. The summed E-state index contributed by atoms with van der Waals surface area (Å²) < 4.78 is 0. The molecule has 0 radical (unpaired) electrons. The van der Waals surface area contributed by atoms with Crippen molar-refractivity contribution in [2.24, 2.45) is 4.99 Å². The van der Waals surface area contributed by atoms with E-state index < -0.39 is 6.10 Å². The average Bonchev–Trinajstić information content (AvgIpc) is 3.09. The molecule has 34 heavy (non-hydrogen) atoms. The number of nitrogens with one attached hydrogen (secondary N) is 1. The number of allylic oxidation sites excluding steroid dienone is 1. The summed E-state index contributed by atoms with van der Waals surface area (Å²) in [4.78, 5) is 17.8. The van der Waals surface area contributed by atoms with Gasteiger partial charge in [-0.1, -0.05) is 42.5 Å². The molecule has 1 atom stereocenters. The third-order valence-corrected chi connectivity index (χ3v) is 6.40. The van der Waals surface area contributed by atoms with E-state index in [0.717, 1.165) is 73.8 Å². The number of nitrogens with zero attached hydrogens (tertiary/aromatic N) is 4. The Morgan fingerprint density at radius 1 is 1.15 bits per heavy atom. The molecular weight excluding hydrogens is 422 g/mol. The Morgan fingerprint density at radius 2 is 1.97 bits per heavy atom. The van der Waals surface area contributed by atoms with Gasteiger partial charge < -0.3 is 15.0 Å². The molecule has 2 N–H and O–H groups in total. The number of benzene rings is 2. The number of aromatic nitrogens is 2. The molecule has 0 bridgehead atoms. The van der Waals surface area contributed by atoms with E-state index in [1.165, 1.54) is 11.1 Å². The van der Waals surface area contributed by atoms with E-state index in [2.05, 4.69) is 59.8 Å². The SMILES string of the molecule is CCN=C(/C=C\Cc1nc2c(C)cc(C)cc2[nH]1)N1CCCN(CC(O)c2ccccc2)CC1. The van der Waals surface area contributed by atoms with Crippen LogP contribution in [0.2, 0.25) is 0 Å². The number of aromatic amines is 1. The molecule has 0 amide bonds. The van der Waals surface area contributed by atoms with Crippen LogP contribution in [-0.4, -0.2) is 70.0 Å². The summed E-state index contributed by atoms with van der Waals surface area (Å²) in [5.41, 5.74) is 5.60. The fourth-order valence-corrected chi connectivity index (χ4v) is 4.72. The minimum atomic E-state index is -0.451. The van der Waals surface area contributed by atoms with Crippen LogP contribution in [0.4, 0.5) is 0 Å². The predicted octanol–water partition coefficient (Wildman–Crippen LogP) is 4.44. The average molecular weight is 460 g/mol. The second-order valence-corrected chi connectivity index (χ2v) is 9.17. The summed E-state index contributed by atoms with van der Waals surface area (Å²) in [6, 6.07) is 14.3. The zero-order valence-corrected chi connectivity index (χ0v) is 20.7. The van der Waals surface area contributed by atoms with Gasteiger partial charge in [0.05, 0.1) is 17.1 Å². The van der Waals surface area contributed by atoms with Gasteiger partial charge >= 0.3 is 0 Å². The van der Waals surface area contributed by atoms with Crippen LogP contribution in [0, 0.1) is 13.8 Å². The lowest BCUT2D eigenvalue weighted by Crippen LogP contribution is -2.35. The quantitative estimate of drug-likeness (QED) is 0.405. The van der Waals surface area contributed by atoms with Crippen molar-refractivity contribution in [2.45, 2.75) is 39.7 Å². The lowest BCUT2D eigenvalue weighted by molar-refractivity contribution is 0.116. The maximum absolute atomic E-state index is 10.6. The van der Waals surface area contributed by atoms with Gasteiger partial charge in [0, 0.05) is 45.7 Å². The van der Waals surface area contributed by atoms with Crippen LogP contribution in [0.1, 0.15) is 42.0 Å². The highest BCUT2D eigenvalue weighted by Crippen LogP contribution is 2.19. The molecule has 0 aliphatic carbocycles. The van der Waals surface area contributed by atoms with Gasteiger partial charge in [-0.15, -0.1) is 0 Å². The maximum atomic E-state index is 10.6. The van der Waals surface area contributed by atoms with Gasteiger partial charge in [-0.3, -0.25) is 9.89 Å². The Hall–Kier alpha value is -2.96. The van der Waals surface area contributed by atoms with Crippen LogP contribution in [0.3, 0.4) is 0 Å². The lowest BCUT2D eigenvalue weighted by atomic mass is 10.1. The van der Waals surface area contributed by atoms with Crippen LogP contribution in [0.5, 0.6) is 0 Å². The highest BCUT2D eigenvalue weighted by atomic mass is 16.3. The second-order valence-electron chi connectivity index (χ2n) is 9.17. The topological polar surface area (TPSA) is 67.8 Å². The first kappa shape index (κ1) is 24.2. The van der Waals surface area contributed by atoms with E-state index in [4.69, 9.17) is 9.98 Å². The van der Waals surface area contributed by atoms with Crippen LogP contribution in [-0.2, 0) is 6.42 Å². The monoisotopic (exact) mass is 459 g/mol. The van der Waals surface area contributed by atoms with E-state index >= 15 is 0 Å². The fourth-order valence-electron chi connectivity index (χ4n) is 4.72. The van der Waals surface area contributed by atoms with Crippen LogP contribution >= 0.6 is 0 Å². The largest absolute Gasteiger partial charge is 0.387 e. The Balaban J connectivity index is 1.36. The van der Waals surface area contributed by atoms with E-state index in [0.29, 0.717) is 6.54 Å². The molecule has 0 saturated carbocycles. The summed E-state index contributed by atoms with van der Waals surface area (Å²) in [6.45, 7) is 11.5. The first-order valence-corrected chi connectivity index (χ1v) is 12.4. The molecule has 1 saturated heterocycles. The standard InChI is InChI=1S/C28H37N5O/c1-4-29-27(13-8-12-26-30-24-19-21(2)18-22(3)28(24)31-26)33-15-9-14-32(16-17-33)20-25(34)23-10-6-5-7-11-23/h5-8,10-11,13,18-19,25,34H,4,9,12,14-17,20H2,1-3H3,(H,30,31)/b13-8-,29-27?. The number of fused-ring (bicyclic) bond motifs is 1. The van der Waals surface area contributed by atoms with Crippen molar-refractivity contribution in [2.75, 3.05) is 39.3 Å². The third-order valence-electron chi connectivity index (χ3n) is 6.40. The van der Waals surface area contributed by atoms with Gasteiger partial charge in [0.15, 0.2) is 0 Å². The summed E-state index contributed by atoms with van der Waals surface area (Å²) >= 11 is 0. The predicted molar refractivity (Wildman–Crippen MR) is 140 cm³/mol. The number of β-amino-alcohol motifs (C(OH)–C–C–N with tert-alkyl or cyclic N) is 1. The van der Waals surface area contributed by atoms with Crippen LogP contribution < -0.4 is 0 Å². The number of imidazole rings is 1. The molecular formula is C28H37N5O. The molecule has 4 rings (SSSR count). The summed E-state index contributed by atoms with van der Waals surface area (Å²) in [5.74, 6) is 2.02. The smallest absolute Gasteiger partial charge is 0.123 e. The highest BCUT2D eigenvalue weighted by Gasteiger charge is 2.19. The number of hydrogen-bond donors (Lipinski definition) is 2. The summed E-state index contributed by atoms with van der Waals surface area (Å²) in [6.07, 6.45) is 5.66. The minimum absolute atomic E-state index is 0.451.